The maximum Gasteiger partial charge on any atom is 0.224 e. The van der Waals surface area contributed by atoms with Gasteiger partial charge in [0.05, 0.1) is 6.61 Å². The van der Waals surface area contributed by atoms with Crippen LogP contribution in [0.4, 0.5) is 0 Å². The van der Waals surface area contributed by atoms with Gasteiger partial charge in [0.25, 0.3) is 0 Å². The Morgan fingerprint density at radius 2 is 1.85 bits per heavy atom. The van der Waals surface area contributed by atoms with Gasteiger partial charge in [-0.3, -0.25) is 0 Å². The zero-order chi connectivity index (χ0) is 13.9. The molecule has 0 amide bonds. The lowest BCUT2D eigenvalue weighted by Crippen LogP contribution is -1.94. The van der Waals surface area contributed by atoms with Gasteiger partial charge in [0.1, 0.15) is 5.75 Å². The van der Waals surface area contributed by atoms with Crippen LogP contribution in [0.25, 0.3) is 10.8 Å². The second-order valence-corrected chi connectivity index (χ2v) is 5.30. The molecule has 1 aromatic heterocycles. The fourth-order valence-corrected chi connectivity index (χ4v) is 2.38. The van der Waals surface area contributed by atoms with Crippen molar-refractivity contribution in [2.45, 2.75) is 6.61 Å². The number of aromatic nitrogens is 1. The van der Waals surface area contributed by atoms with Crippen LogP contribution in [0, 0.1) is 0 Å². The molecule has 3 nitrogen and oxygen atoms in total. The monoisotopic (exact) mass is 329 g/mol. The molecule has 3 rings (SSSR count). The van der Waals surface area contributed by atoms with Crippen molar-refractivity contribution in [3.05, 3.63) is 64.8 Å². The first-order chi connectivity index (χ1) is 9.76. The highest BCUT2D eigenvalue weighted by Gasteiger charge is 2.05. The normalized spacial score (nSPS) is 10.7. The minimum absolute atomic E-state index is 0.0936. The third-order valence-electron chi connectivity index (χ3n) is 3.01. The van der Waals surface area contributed by atoms with Crippen molar-refractivity contribution < 1.29 is 9.84 Å². The van der Waals surface area contributed by atoms with Crippen molar-refractivity contribution in [1.82, 2.24) is 4.98 Å². The average molecular weight is 330 g/mol. The molecule has 1 heterocycles. The molecule has 0 aliphatic carbocycles. The number of fused-ring (bicyclic) bond motifs is 1. The first kappa shape index (κ1) is 13.1. The average Bonchev–Trinajstić information content (AvgIpc) is 2.48. The maximum atomic E-state index is 9.27. The van der Waals surface area contributed by atoms with Crippen LogP contribution in [0.5, 0.6) is 11.6 Å². The topological polar surface area (TPSA) is 42.4 Å². The first-order valence-electron chi connectivity index (χ1n) is 6.18. The minimum Gasteiger partial charge on any atom is -0.439 e. The lowest BCUT2D eigenvalue weighted by Gasteiger charge is -2.09. The summed E-state index contributed by atoms with van der Waals surface area (Å²) in [6.07, 6.45) is 1.65. The summed E-state index contributed by atoms with van der Waals surface area (Å²) in [7, 11) is 0. The molecule has 0 saturated carbocycles. The van der Waals surface area contributed by atoms with Gasteiger partial charge in [-0.25, -0.2) is 4.98 Å². The standard InChI is InChI=1S/C16H12BrNO2/c17-14-5-3-12-9-15(6-4-11(12)8-14)20-16-13(10-19)2-1-7-18-16/h1-9,19H,10H2. The summed E-state index contributed by atoms with van der Waals surface area (Å²) in [4.78, 5) is 4.15. The van der Waals surface area contributed by atoms with Crippen molar-refractivity contribution in [1.29, 1.82) is 0 Å². The van der Waals surface area contributed by atoms with Gasteiger partial charge in [0.15, 0.2) is 0 Å². The first-order valence-corrected chi connectivity index (χ1v) is 6.97. The summed E-state index contributed by atoms with van der Waals surface area (Å²) < 4.78 is 6.80. The lowest BCUT2D eigenvalue weighted by atomic mass is 10.1. The van der Waals surface area contributed by atoms with Crippen LogP contribution in [-0.4, -0.2) is 10.1 Å². The van der Waals surface area contributed by atoms with Crippen molar-refractivity contribution in [2.75, 3.05) is 0 Å². The Hall–Kier alpha value is -1.91. The Morgan fingerprint density at radius 1 is 1.05 bits per heavy atom. The van der Waals surface area contributed by atoms with Crippen LogP contribution in [0.15, 0.2) is 59.2 Å². The van der Waals surface area contributed by atoms with E-state index < -0.39 is 0 Å². The number of hydrogen-bond donors (Lipinski definition) is 1. The molecule has 0 atom stereocenters. The second kappa shape index (κ2) is 5.61. The Labute approximate surface area is 125 Å². The van der Waals surface area contributed by atoms with Gasteiger partial charge in [-0.05, 0) is 47.2 Å². The molecule has 0 saturated heterocycles. The van der Waals surface area contributed by atoms with E-state index in [0.717, 1.165) is 15.2 Å². The molecule has 0 radical (unpaired) electrons. The van der Waals surface area contributed by atoms with Crippen molar-refractivity contribution >= 4 is 26.7 Å². The second-order valence-electron chi connectivity index (χ2n) is 4.38. The third kappa shape index (κ3) is 2.66. The van der Waals surface area contributed by atoms with Crippen LogP contribution in [0.1, 0.15) is 5.56 Å². The SMILES string of the molecule is OCc1cccnc1Oc1ccc2cc(Br)ccc2c1. The quantitative estimate of drug-likeness (QED) is 0.779. The smallest absolute Gasteiger partial charge is 0.224 e. The molecule has 20 heavy (non-hydrogen) atoms. The third-order valence-corrected chi connectivity index (χ3v) is 3.50. The van der Waals surface area contributed by atoms with E-state index in [0.29, 0.717) is 17.2 Å². The van der Waals surface area contributed by atoms with Crippen LogP contribution in [0.3, 0.4) is 0 Å². The van der Waals surface area contributed by atoms with E-state index in [1.807, 2.05) is 30.3 Å². The molecule has 2 aromatic carbocycles. The van der Waals surface area contributed by atoms with Gasteiger partial charge in [-0.1, -0.05) is 28.1 Å². The zero-order valence-electron chi connectivity index (χ0n) is 10.6. The Morgan fingerprint density at radius 3 is 2.70 bits per heavy atom. The van der Waals surface area contributed by atoms with Gasteiger partial charge in [0.2, 0.25) is 5.88 Å². The highest BCUT2D eigenvalue weighted by atomic mass is 79.9. The highest BCUT2D eigenvalue weighted by Crippen LogP contribution is 2.28. The molecule has 0 unspecified atom stereocenters. The van der Waals surface area contributed by atoms with Crippen LogP contribution < -0.4 is 4.74 Å². The number of aliphatic hydroxyl groups is 1. The van der Waals surface area contributed by atoms with E-state index in [1.165, 1.54) is 0 Å². The maximum absolute atomic E-state index is 9.27. The summed E-state index contributed by atoms with van der Waals surface area (Å²) in [5.41, 5.74) is 0.670. The predicted molar refractivity (Wildman–Crippen MR) is 81.9 cm³/mol. The molecule has 0 bridgehead atoms. The molecule has 4 heteroatoms. The number of benzene rings is 2. The molecule has 0 aliphatic heterocycles. The molecule has 0 aliphatic rings. The molecule has 0 spiro atoms. The van der Waals surface area contributed by atoms with Crippen molar-refractivity contribution in [3.8, 4) is 11.6 Å². The van der Waals surface area contributed by atoms with Gasteiger partial charge in [-0.15, -0.1) is 0 Å². The number of rotatable bonds is 3. The van der Waals surface area contributed by atoms with Crippen molar-refractivity contribution in [2.24, 2.45) is 0 Å². The number of nitrogens with zero attached hydrogens (tertiary/aromatic N) is 1. The van der Waals surface area contributed by atoms with E-state index in [9.17, 15) is 5.11 Å². The van der Waals surface area contributed by atoms with Crippen molar-refractivity contribution in [3.63, 3.8) is 0 Å². The van der Waals surface area contributed by atoms with Crippen LogP contribution in [-0.2, 0) is 6.61 Å². The highest BCUT2D eigenvalue weighted by molar-refractivity contribution is 9.10. The largest absolute Gasteiger partial charge is 0.439 e. The summed E-state index contributed by atoms with van der Waals surface area (Å²) in [5, 5.41) is 11.5. The summed E-state index contributed by atoms with van der Waals surface area (Å²) >= 11 is 3.45. The number of halogens is 1. The minimum atomic E-state index is -0.0936. The number of aliphatic hydroxyl groups excluding tert-OH is 1. The fourth-order valence-electron chi connectivity index (χ4n) is 2.01. The van der Waals surface area contributed by atoms with E-state index in [-0.39, 0.29) is 6.61 Å². The summed E-state index contributed by atoms with van der Waals surface area (Å²) in [5.74, 6) is 1.14. The number of hydrogen-bond acceptors (Lipinski definition) is 3. The van der Waals surface area contributed by atoms with Gasteiger partial charge < -0.3 is 9.84 Å². The van der Waals surface area contributed by atoms with Crippen LogP contribution in [0.2, 0.25) is 0 Å². The molecule has 0 fully saturated rings. The molecule has 3 aromatic rings. The molecular formula is C16H12BrNO2. The van der Waals surface area contributed by atoms with E-state index in [1.54, 1.807) is 18.3 Å². The number of pyridine rings is 1. The Balaban J connectivity index is 1.96. The zero-order valence-corrected chi connectivity index (χ0v) is 12.2. The summed E-state index contributed by atoms with van der Waals surface area (Å²) in [6, 6.07) is 15.5. The summed E-state index contributed by atoms with van der Waals surface area (Å²) in [6.45, 7) is -0.0936. The molecule has 1 N–H and O–H groups in total. The van der Waals surface area contributed by atoms with Gasteiger partial charge >= 0.3 is 0 Å². The Bertz CT molecular complexity index is 758. The Kier molecular flexibility index (Phi) is 3.67. The lowest BCUT2D eigenvalue weighted by molar-refractivity contribution is 0.275. The molecular weight excluding hydrogens is 318 g/mol. The fraction of sp³-hybridized carbons (Fsp3) is 0.0625. The van der Waals surface area contributed by atoms with E-state index >= 15 is 0 Å². The molecule has 100 valence electrons. The number of ether oxygens (including phenoxy) is 1. The van der Waals surface area contributed by atoms with E-state index in [2.05, 4.69) is 27.0 Å². The van der Waals surface area contributed by atoms with E-state index in [4.69, 9.17) is 4.74 Å². The van der Waals surface area contributed by atoms with Crippen LogP contribution >= 0.6 is 15.9 Å². The predicted octanol–water partition coefficient (Wildman–Crippen LogP) is 4.28. The van der Waals surface area contributed by atoms with Gasteiger partial charge in [-0.2, -0.15) is 0 Å². The van der Waals surface area contributed by atoms with Gasteiger partial charge in [0, 0.05) is 16.2 Å².